The van der Waals surface area contributed by atoms with Gasteiger partial charge in [0.15, 0.2) is 0 Å². The Bertz CT molecular complexity index is 684. The summed E-state index contributed by atoms with van der Waals surface area (Å²) in [4.78, 5) is 22.4. The van der Waals surface area contributed by atoms with E-state index in [1.807, 2.05) is 4.72 Å². The molecule has 0 saturated heterocycles. The molecule has 0 spiro atoms. The largest absolute Gasteiger partial charge is 0.481 e. The minimum absolute atomic E-state index is 0.181. The molecule has 22 heavy (non-hydrogen) atoms. The lowest BCUT2D eigenvalue weighted by atomic mass is 10.1. The maximum atomic E-state index is 12.0. The molecule has 1 aromatic rings. The molecular formula is C14H17NO6S. The Morgan fingerprint density at radius 1 is 1.32 bits per heavy atom. The molecule has 1 fully saturated rings. The average molecular weight is 327 g/mol. The number of amides is 1. The van der Waals surface area contributed by atoms with Crippen LogP contribution in [0.1, 0.15) is 17.5 Å². The smallest absolute Gasteiger partial charge is 0.307 e. The number of carboxylic acid groups (broad SMARTS) is 1. The van der Waals surface area contributed by atoms with Gasteiger partial charge in [0, 0.05) is 7.11 Å². The van der Waals surface area contributed by atoms with Crippen LogP contribution in [0.3, 0.4) is 0 Å². The first-order valence-corrected chi connectivity index (χ1v) is 8.31. The van der Waals surface area contributed by atoms with Crippen LogP contribution in [0.5, 0.6) is 0 Å². The van der Waals surface area contributed by atoms with Gasteiger partial charge in [-0.2, -0.15) is 0 Å². The molecule has 0 heterocycles. The third-order valence-electron chi connectivity index (χ3n) is 3.36. The van der Waals surface area contributed by atoms with Crippen molar-refractivity contribution in [3.63, 3.8) is 0 Å². The summed E-state index contributed by atoms with van der Waals surface area (Å²) in [6.07, 6.45) is 0.181. The number of methoxy groups -OCH3 is 1. The van der Waals surface area contributed by atoms with Gasteiger partial charge in [0.05, 0.1) is 24.2 Å². The molecule has 2 N–H and O–H groups in total. The molecule has 0 unspecified atom stereocenters. The Morgan fingerprint density at radius 3 is 2.59 bits per heavy atom. The summed E-state index contributed by atoms with van der Waals surface area (Å²) in [5.74, 6) is -3.71. The number of nitrogens with one attached hydrogen (secondary N) is 1. The van der Waals surface area contributed by atoms with Crippen LogP contribution in [0.25, 0.3) is 0 Å². The average Bonchev–Trinajstić information content (AvgIpc) is 3.18. The molecule has 1 aliphatic rings. The van der Waals surface area contributed by atoms with Crippen LogP contribution in [-0.2, 0) is 36.7 Å². The second kappa shape index (κ2) is 6.45. The van der Waals surface area contributed by atoms with E-state index in [0.717, 1.165) is 5.56 Å². The highest BCUT2D eigenvalue weighted by molar-refractivity contribution is 7.89. The number of carboxylic acids is 1. The Balaban J connectivity index is 1.98. The van der Waals surface area contributed by atoms with Crippen molar-refractivity contribution < 1.29 is 27.9 Å². The monoisotopic (exact) mass is 327 g/mol. The zero-order valence-corrected chi connectivity index (χ0v) is 12.8. The number of carbonyl (C=O) groups is 2. The van der Waals surface area contributed by atoms with Crippen molar-refractivity contribution in [3.8, 4) is 0 Å². The van der Waals surface area contributed by atoms with E-state index in [1.54, 1.807) is 24.3 Å². The number of hydrogen-bond acceptors (Lipinski definition) is 5. The molecule has 2 atom stereocenters. The maximum absolute atomic E-state index is 12.0. The number of hydrogen-bond donors (Lipinski definition) is 2. The van der Waals surface area contributed by atoms with Crippen molar-refractivity contribution in [2.75, 3.05) is 7.11 Å². The fraction of sp³-hybridized carbons (Fsp3) is 0.429. The fourth-order valence-electron chi connectivity index (χ4n) is 2.22. The maximum Gasteiger partial charge on any atom is 0.307 e. The van der Waals surface area contributed by atoms with Crippen LogP contribution in [0.15, 0.2) is 24.3 Å². The first kappa shape index (κ1) is 16.4. The zero-order valence-electron chi connectivity index (χ0n) is 12.0. The molecule has 7 nitrogen and oxygen atoms in total. The number of aliphatic carboxylic acids is 1. The van der Waals surface area contributed by atoms with Crippen molar-refractivity contribution in [1.29, 1.82) is 0 Å². The Hall–Kier alpha value is -1.93. The van der Waals surface area contributed by atoms with Gasteiger partial charge in [-0.25, -0.2) is 8.42 Å². The molecule has 1 saturated carbocycles. The van der Waals surface area contributed by atoms with Crippen LogP contribution in [0.4, 0.5) is 0 Å². The SMILES string of the molecule is COCc1cccc(CS(=O)(=O)NC(=O)[C@@H]2C[C@H]2C(=O)O)c1. The predicted octanol–water partition coefficient (Wildman–Crippen LogP) is 0.500. The quantitative estimate of drug-likeness (QED) is 0.754. The molecule has 0 radical (unpaired) electrons. The molecule has 1 amide bonds. The molecule has 2 rings (SSSR count). The zero-order chi connectivity index (χ0) is 16.3. The van der Waals surface area contributed by atoms with Crippen molar-refractivity contribution in [1.82, 2.24) is 4.72 Å². The van der Waals surface area contributed by atoms with Gasteiger partial charge in [0.1, 0.15) is 0 Å². The van der Waals surface area contributed by atoms with Crippen molar-refractivity contribution in [2.45, 2.75) is 18.8 Å². The van der Waals surface area contributed by atoms with Crippen LogP contribution < -0.4 is 4.72 Å². The molecular weight excluding hydrogens is 310 g/mol. The summed E-state index contributed by atoms with van der Waals surface area (Å²) < 4.78 is 30.9. The molecule has 0 aliphatic heterocycles. The summed E-state index contributed by atoms with van der Waals surface area (Å²) in [5.41, 5.74) is 1.36. The molecule has 8 heteroatoms. The van der Waals surface area contributed by atoms with Crippen molar-refractivity contribution in [3.05, 3.63) is 35.4 Å². The molecule has 0 aromatic heterocycles. The van der Waals surface area contributed by atoms with Gasteiger partial charge in [-0.15, -0.1) is 0 Å². The Kier molecular flexibility index (Phi) is 4.82. The lowest BCUT2D eigenvalue weighted by Gasteiger charge is -2.08. The number of sulfonamides is 1. The standard InChI is InChI=1S/C14H17NO6S/c1-21-7-9-3-2-4-10(5-9)8-22(19,20)15-13(16)11-6-12(11)14(17)18/h2-5,11-12H,6-8H2,1H3,(H,15,16)(H,17,18)/t11-,12-/m1/s1. The fourth-order valence-corrected chi connectivity index (χ4v) is 3.37. The number of carbonyl (C=O) groups excluding carboxylic acids is 1. The highest BCUT2D eigenvalue weighted by atomic mass is 32.2. The van der Waals surface area contributed by atoms with Gasteiger partial charge in [-0.05, 0) is 17.5 Å². The van der Waals surface area contributed by atoms with Crippen LogP contribution in [0, 0.1) is 11.8 Å². The molecule has 0 bridgehead atoms. The lowest BCUT2D eigenvalue weighted by molar-refractivity contribution is -0.140. The van der Waals surface area contributed by atoms with E-state index >= 15 is 0 Å². The summed E-state index contributed by atoms with van der Waals surface area (Å²) in [6.45, 7) is 0.364. The second-order valence-corrected chi connectivity index (χ2v) is 6.99. The minimum Gasteiger partial charge on any atom is -0.481 e. The van der Waals surface area contributed by atoms with E-state index in [9.17, 15) is 18.0 Å². The first-order chi connectivity index (χ1) is 10.3. The van der Waals surface area contributed by atoms with Crippen molar-refractivity contribution >= 4 is 21.9 Å². The van der Waals surface area contributed by atoms with Gasteiger partial charge in [0.25, 0.3) is 0 Å². The highest BCUT2D eigenvalue weighted by Crippen LogP contribution is 2.38. The number of rotatable bonds is 7. The predicted molar refractivity (Wildman–Crippen MR) is 77.2 cm³/mol. The third-order valence-corrected chi connectivity index (χ3v) is 4.59. The van der Waals surface area contributed by atoms with Crippen LogP contribution in [0.2, 0.25) is 0 Å². The molecule has 1 aromatic carbocycles. The van der Waals surface area contributed by atoms with Crippen molar-refractivity contribution in [2.24, 2.45) is 11.8 Å². The van der Waals surface area contributed by atoms with E-state index in [2.05, 4.69) is 0 Å². The van der Waals surface area contributed by atoms with E-state index in [1.165, 1.54) is 7.11 Å². The lowest BCUT2D eigenvalue weighted by Crippen LogP contribution is -2.33. The normalized spacial score (nSPS) is 20.4. The van der Waals surface area contributed by atoms with Crippen LogP contribution in [-0.4, -0.2) is 32.5 Å². The summed E-state index contributed by atoms with van der Waals surface area (Å²) in [6, 6.07) is 6.84. The van der Waals surface area contributed by atoms with Gasteiger partial charge in [-0.3, -0.25) is 14.3 Å². The van der Waals surface area contributed by atoms with E-state index < -0.39 is 33.7 Å². The second-order valence-electron chi connectivity index (χ2n) is 5.27. The number of benzene rings is 1. The summed E-state index contributed by atoms with van der Waals surface area (Å²) >= 11 is 0. The summed E-state index contributed by atoms with van der Waals surface area (Å²) in [5, 5.41) is 8.75. The van der Waals surface area contributed by atoms with E-state index in [-0.39, 0.29) is 12.2 Å². The topological polar surface area (TPSA) is 110 Å². The number of ether oxygens (including phenoxy) is 1. The highest BCUT2D eigenvalue weighted by Gasteiger charge is 2.49. The van der Waals surface area contributed by atoms with Gasteiger partial charge >= 0.3 is 5.97 Å². The van der Waals surface area contributed by atoms with E-state index in [4.69, 9.17) is 9.84 Å². The third kappa shape index (κ3) is 4.28. The van der Waals surface area contributed by atoms with Gasteiger partial charge < -0.3 is 9.84 Å². The Labute approximate surface area is 128 Å². The molecule has 120 valence electrons. The van der Waals surface area contributed by atoms with Crippen LogP contribution >= 0.6 is 0 Å². The first-order valence-electron chi connectivity index (χ1n) is 6.66. The van der Waals surface area contributed by atoms with Gasteiger partial charge in [0.2, 0.25) is 15.9 Å². The Morgan fingerprint density at radius 2 is 2.00 bits per heavy atom. The van der Waals surface area contributed by atoms with E-state index in [0.29, 0.717) is 12.2 Å². The minimum atomic E-state index is -3.85. The summed E-state index contributed by atoms with van der Waals surface area (Å²) in [7, 11) is -2.31. The van der Waals surface area contributed by atoms with Gasteiger partial charge in [-0.1, -0.05) is 24.3 Å². The molecule has 1 aliphatic carbocycles.